The molecule has 0 amide bonds. The third kappa shape index (κ3) is 2.16. The summed E-state index contributed by atoms with van der Waals surface area (Å²) in [7, 11) is 4.25. The molecule has 0 saturated heterocycles. The van der Waals surface area contributed by atoms with Gasteiger partial charge in [0, 0.05) is 18.0 Å². The highest BCUT2D eigenvalue weighted by Gasteiger charge is 2.82. The average molecular weight is 403 g/mol. The van der Waals surface area contributed by atoms with Crippen LogP contribution in [0.1, 0.15) is 86.0 Å². The predicted molar refractivity (Wildman–Crippen MR) is 120 cm³/mol. The number of hydrogen-bond acceptors (Lipinski definition) is 3. The highest BCUT2D eigenvalue weighted by molar-refractivity contribution is 5.31. The van der Waals surface area contributed by atoms with Gasteiger partial charge in [-0.3, -0.25) is 0 Å². The first-order chi connectivity index (χ1) is 13.5. The number of aliphatic hydroxyl groups excluding tert-OH is 1. The van der Waals surface area contributed by atoms with Gasteiger partial charge in [0.1, 0.15) is 0 Å². The number of aliphatic hydroxyl groups is 1. The van der Waals surface area contributed by atoms with Crippen LogP contribution >= 0.6 is 0 Å². The van der Waals surface area contributed by atoms with Gasteiger partial charge in [-0.25, -0.2) is 0 Å². The molecule has 3 nitrogen and oxygen atoms in total. The van der Waals surface area contributed by atoms with Crippen LogP contribution < -0.4 is 10.6 Å². The highest BCUT2D eigenvalue weighted by atomic mass is 16.3. The van der Waals surface area contributed by atoms with E-state index in [1.807, 2.05) is 0 Å². The van der Waals surface area contributed by atoms with Gasteiger partial charge in [-0.05, 0) is 111 Å². The van der Waals surface area contributed by atoms with Crippen molar-refractivity contribution in [1.82, 2.24) is 10.6 Å². The molecule has 5 aliphatic carbocycles. The zero-order valence-corrected chi connectivity index (χ0v) is 20.1. The quantitative estimate of drug-likeness (QED) is 0.647. The molecule has 0 unspecified atom stereocenters. The number of hydrogen-bond donors (Lipinski definition) is 3. The molecule has 0 aromatic carbocycles. The number of fused-ring (bicyclic) bond motifs is 2. The Bertz CT molecular complexity index is 692. The van der Waals surface area contributed by atoms with Crippen LogP contribution in [0.5, 0.6) is 0 Å². The molecular formula is C26H46N2O. The maximum absolute atomic E-state index is 11.3. The summed E-state index contributed by atoms with van der Waals surface area (Å²) in [5.41, 5.74) is 2.14. The van der Waals surface area contributed by atoms with Crippen molar-refractivity contribution >= 4 is 0 Å². The van der Waals surface area contributed by atoms with E-state index < -0.39 is 0 Å². The van der Waals surface area contributed by atoms with Crippen molar-refractivity contribution < 1.29 is 5.11 Å². The van der Waals surface area contributed by atoms with Crippen molar-refractivity contribution in [2.24, 2.45) is 44.8 Å². The predicted octanol–water partition coefficient (Wildman–Crippen LogP) is 4.59. The maximum atomic E-state index is 11.3. The Morgan fingerprint density at radius 1 is 0.862 bits per heavy atom. The summed E-state index contributed by atoms with van der Waals surface area (Å²) in [6, 6.07) is 1.06. The van der Waals surface area contributed by atoms with Crippen molar-refractivity contribution in [2.75, 3.05) is 14.1 Å². The molecule has 2 spiro atoms. The van der Waals surface area contributed by atoms with Crippen LogP contribution in [-0.2, 0) is 0 Å². The Labute approximate surface area is 179 Å². The summed E-state index contributed by atoms with van der Waals surface area (Å²) < 4.78 is 0. The first kappa shape index (κ1) is 20.8. The second-order valence-corrected chi connectivity index (χ2v) is 13.1. The van der Waals surface area contributed by atoms with Crippen molar-refractivity contribution in [3.8, 4) is 0 Å². The number of nitrogens with one attached hydrogen (secondary N) is 2. The second-order valence-electron chi connectivity index (χ2n) is 13.1. The molecule has 0 aromatic heterocycles. The molecule has 5 saturated carbocycles. The normalized spacial score (nSPS) is 58.6. The lowest BCUT2D eigenvalue weighted by molar-refractivity contribution is -0.144. The molecule has 0 bridgehead atoms. The van der Waals surface area contributed by atoms with Crippen LogP contribution in [0.15, 0.2) is 0 Å². The lowest BCUT2D eigenvalue weighted by Gasteiger charge is -2.63. The average Bonchev–Trinajstić information content (AvgIpc) is 3.26. The van der Waals surface area contributed by atoms with Crippen LogP contribution in [0.3, 0.4) is 0 Å². The fraction of sp³-hybridized carbons (Fsp3) is 1.00. The van der Waals surface area contributed by atoms with Crippen LogP contribution in [-0.4, -0.2) is 37.4 Å². The molecule has 29 heavy (non-hydrogen) atoms. The molecule has 0 radical (unpaired) electrons. The van der Waals surface area contributed by atoms with Gasteiger partial charge in [-0.2, -0.15) is 0 Å². The van der Waals surface area contributed by atoms with Crippen molar-refractivity contribution in [3.63, 3.8) is 0 Å². The van der Waals surface area contributed by atoms with Gasteiger partial charge in [0.25, 0.3) is 0 Å². The van der Waals surface area contributed by atoms with Gasteiger partial charge in [0.15, 0.2) is 0 Å². The fourth-order valence-electron chi connectivity index (χ4n) is 11.1. The third-order valence-corrected chi connectivity index (χ3v) is 12.5. The van der Waals surface area contributed by atoms with Gasteiger partial charge in [0.2, 0.25) is 0 Å². The Kier molecular flexibility index (Phi) is 4.31. The van der Waals surface area contributed by atoms with Gasteiger partial charge < -0.3 is 15.7 Å². The van der Waals surface area contributed by atoms with E-state index in [0.717, 1.165) is 18.3 Å². The molecule has 166 valence electrons. The lowest BCUT2D eigenvalue weighted by atomic mass is 9.42. The standard InChI is InChI=1S/C26H46N2O/c1-16(27-6)21-17(29)14-24(5)19-9-8-18-22(2,3)20(28-7)10-11-25(18)15-26(19,25)13-12-23(21,24)4/h16-21,27-29H,8-15H2,1-7H3/t16-,17+,18-,19-,20-,21-,23+,24-,25-,26+/m0/s1. The van der Waals surface area contributed by atoms with Gasteiger partial charge in [-0.15, -0.1) is 0 Å². The number of rotatable bonds is 3. The van der Waals surface area contributed by atoms with Crippen LogP contribution in [0.2, 0.25) is 0 Å². The van der Waals surface area contributed by atoms with E-state index in [1.165, 1.54) is 44.9 Å². The first-order valence-corrected chi connectivity index (χ1v) is 12.6. The smallest absolute Gasteiger partial charge is 0.0594 e. The molecule has 0 aromatic rings. The van der Waals surface area contributed by atoms with Crippen LogP contribution in [0.25, 0.3) is 0 Å². The lowest BCUT2D eigenvalue weighted by Crippen LogP contribution is -2.59. The van der Waals surface area contributed by atoms with E-state index in [4.69, 9.17) is 0 Å². The third-order valence-electron chi connectivity index (χ3n) is 12.5. The summed E-state index contributed by atoms with van der Waals surface area (Å²) in [4.78, 5) is 0. The van der Waals surface area contributed by atoms with E-state index >= 15 is 0 Å². The topological polar surface area (TPSA) is 44.3 Å². The Morgan fingerprint density at radius 3 is 2.17 bits per heavy atom. The molecule has 0 aliphatic heterocycles. The van der Waals surface area contributed by atoms with Crippen LogP contribution in [0.4, 0.5) is 0 Å². The summed E-state index contributed by atoms with van der Waals surface area (Å²) in [6.07, 6.45) is 10.7. The van der Waals surface area contributed by atoms with Crippen molar-refractivity contribution in [2.45, 2.75) is 104 Å². The summed E-state index contributed by atoms with van der Waals surface area (Å²) >= 11 is 0. The molecule has 10 atom stereocenters. The van der Waals surface area contributed by atoms with E-state index in [9.17, 15) is 5.11 Å². The largest absolute Gasteiger partial charge is 0.393 e. The van der Waals surface area contributed by atoms with Gasteiger partial charge in [-0.1, -0.05) is 27.7 Å². The van der Waals surface area contributed by atoms with Crippen molar-refractivity contribution in [1.29, 1.82) is 0 Å². The second kappa shape index (κ2) is 6.01. The molecule has 3 N–H and O–H groups in total. The molecule has 5 aliphatic rings. The Balaban J connectivity index is 1.52. The highest BCUT2D eigenvalue weighted by Crippen LogP contribution is 2.88. The summed E-state index contributed by atoms with van der Waals surface area (Å²) in [6.45, 7) is 12.6. The summed E-state index contributed by atoms with van der Waals surface area (Å²) in [5, 5.41) is 18.4. The monoisotopic (exact) mass is 402 g/mol. The molecule has 5 rings (SSSR count). The zero-order valence-electron chi connectivity index (χ0n) is 20.1. The Morgan fingerprint density at radius 2 is 1.52 bits per heavy atom. The Hall–Kier alpha value is -0.120. The van der Waals surface area contributed by atoms with E-state index in [2.05, 4.69) is 59.3 Å². The minimum absolute atomic E-state index is 0.147. The maximum Gasteiger partial charge on any atom is 0.0594 e. The van der Waals surface area contributed by atoms with E-state index in [1.54, 1.807) is 0 Å². The zero-order chi connectivity index (χ0) is 21.0. The van der Waals surface area contributed by atoms with E-state index in [-0.39, 0.29) is 11.5 Å². The molecule has 3 heteroatoms. The molecule has 0 heterocycles. The molecule has 5 fully saturated rings. The summed E-state index contributed by atoms with van der Waals surface area (Å²) in [5.74, 6) is 2.08. The van der Waals surface area contributed by atoms with E-state index in [0.29, 0.717) is 39.7 Å². The van der Waals surface area contributed by atoms with Crippen LogP contribution in [0, 0.1) is 44.8 Å². The van der Waals surface area contributed by atoms with Crippen molar-refractivity contribution in [3.05, 3.63) is 0 Å². The molecular weight excluding hydrogens is 356 g/mol. The minimum Gasteiger partial charge on any atom is -0.393 e. The van der Waals surface area contributed by atoms with Gasteiger partial charge in [0.05, 0.1) is 6.10 Å². The fourth-order valence-corrected chi connectivity index (χ4v) is 11.1. The minimum atomic E-state index is -0.147. The SMILES string of the molecule is CN[C@@H](C)[C@H]1[C@H](O)C[C@@]2(C)[C@@H]3CC[C@H]4C(C)(C)[C@@H](NC)CC[C@]45C[C@]35CC[C@]12C. The first-order valence-electron chi connectivity index (χ1n) is 12.6. The van der Waals surface area contributed by atoms with Gasteiger partial charge >= 0.3 is 0 Å².